The Morgan fingerprint density at radius 3 is 2.15 bits per heavy atom. The van der Waals surface area contributed by atoms with Crippen LogP contribution >= 0.6 is 0 Å². The second-order valence-corrected chi connectivity index (χ2v) is 6.45. The Balaban J connectivity index is 1.76. The lowest BCUT2D eigenvalue weighted by Crippen LogP contribution is -2.31. The van der Waals surface area contributed by atoms with Crippen LogP contribution in [0.4, 0.5) is 0 Å². The van der Waals surface area contributed by atoms with E-state index < -0.39 is 0 Å². The summed E-state index contributed by atoms with van der Waals surface area (Å²) in [7, 11) is 1.64. The number of H-pyrrole nitrogens is 1. The fraction of sp³-hybridized carbons (Fsp3) is 0.0909. The highest BCUT2D eigenvalue weighted by molar-refractivity contribution is 6.06. The third kappa shape index (κ3) is 3.15. The van der Waals surface area contributed by atoms with Gasteiger partial charge in [0.1, 0.15) is 5.52 Å². The molecule has 5 heteroatoms. The number of carbonyl (C=O) groups is 1. The van der Waals surface area contributed by atoms with E-state index in [1.807, 2.05) is 60.7 Å². The number of carbonyl (C=O) groups excluding carboxylic acids is 1. The van der Waals surface area contributed by atoms with Crippen molar-refractivity contribution in [2.45, 2.75) is 6.04 Å². The molecule has 0 aliphatic carbocycles. The lowest BCUT2D eigenvalue weighted by atomic mass is 9.98. The van der Waals surface area contributed by atoms with Crippen molar-refractivity contribution in [2.75, 3.05) is 0 Å². The second-order valence-electron chi connectivity index (χ2n) is 6.45. The van der Waals surface area contributed by atoms with Crippen molar-refractivity contribution in [3.63, 3.8) is 0 Å². The van der Waals surface area contributed by atoms with Gasteiger partial charge in [-0.2, -0.15) is 0 Å². The number of aromatic amines is 1. The highest BCUT2D eigenvalue weighted by atomic mass is 16.2. The van der Waals surface area contributed by atoms with Crippen LogP contribution in [0.5, 0.6) is 0 Å². The molecule has 4 aromatic rings. The Bertz CT molecular complexity index is 1110. The van der Waals surface area contributed by atoms with Crippen LogP contribution in [0, 0.1) is 0 Å². The molecular weight excluding hydrogens is 338 g/mol. The minimum Gasteiger partial charge on any atom is -0.357 e. The maximum atomic E-state index is 13.1. The van der Waals surface area contributed by atoms with E-state index in [4.69, 9.17) is 0 Å². The van der Waals surface area contributed by atoms with Gasteiger partial charge in [-0.05, 0) is 17.2 Å². The van der Waals surface area contributed by atoms with Gasteiger partial charge in [0.2, 0.25) is 0 Å². The minimum atomic E-state index is -0.286. The topological polar surface area (TPSA) is 66.9 Å². The van der Waals surface area contributed by atoms with Crippen molar-refractivity contribution in [2.24, 2.45) is 7.05 Å². The molecule has 0 unspecified atom stereocenters. The van der Waals surface area contributed by atoms with Crippen LogP contribution in [-0.2, 0) is 7.05 Å². The van der Waals surface area contributed by atoms with Crippen molar-refractivity contribution in [3.8, 4) is 0 Å². The van der Waals surface area contributed by atoms with E-state index in [1.165, 1.54) is 4.57 Å². The Hall–Kier alpha value is -3.60. The quantitative estimate of drug-likeness (QED) is 0.588. The van der Waals surface area contributed by atoms with Crippen LogP contribution in [-0.4, -0.2) is 15.5 Å². The minimum absolute atomic E-state index is 0.158. The van der Waals surface area contributed by atoms with Crippen molar-refractivity contribution in [3.05, 3.63) is 106 Å². The van der Waals surface area contributed by atoms with Crippen LogP contribution in [0.25, 0.3) is 10.9 Å². The van der Waals surface area contributed by atoms with Crippen LogP contribution in [0.1, 0.15) is 27.5 Å². The van der Waals surface area contributed by atoms with Gasteiger partial charge < -0.3 is 14.9 Å². The third-order valence-corrected chi connectivity index (χ3v) is 4.68. The molecule has 134 valence electrons. The van der Waals surface area contributed by atoms with Gasteiger partial charge in [-0.15, -0.1) is 0 Å². The number of hydrogen-bond donors (Lipinski definition) is 2. The van der Waals surface area contributed by atoms with E-state index in [0.717, 1.165) is 11.1 Å². The summed E-state index contributed by atoms with van der Waals surface area (Å²) >= 11 is 0. The molecule has 5 nitrogen and oxygen atoms in total. The number of aromatic nitrogens is 2. The Labute approximate surface area is 156 Å². The van der Waals surface area contributed by atoms with Gasteiger partial charge in [-0.3, -0.25) is 9.59 Å². The fourth-order valence-corrected chi connectivity index (χ4v) is 3.31. The number of fused-ring (bicyclic) bond motifs is 1. The van der Waals surface area contributed by atoms with Gasteiger partial charge in [0.25, 0.3) is 11.5 Å². The normalized spacial score (nSPS) is 11.0. The molecule has 4 rings (SSSR count). The van der Waals surface area contributed by atoms with Gasteiger partial charge in [0.15, 0.2) is 0 Å². The maximum Gasteiger partial charge on any atom is 0.274 e. The summed E-state index contributed by atoms with van der Waals surface area (Å²) in [6.45, 7) is 0. The van der Waals surface area contributed by atoms with Crippen LogP contribution in [0.3, 0.4) is 0 Å². The fourth-order valence-electron chi connectivity index (χ4n) is 3.31. The van der Waals surface area contributed by atoms with E-state index in [9.17, 15) is 9.59 Å². The van der Waals surface area contributed by atoms with E-state index in [1.54, 1.807) is 25.5 Å². The molecule has 0 aliphatic heterocycles. The molecule has 2 aromatic heterocycles. The first kappa shape index (κ1) is 16.8. The molecule has 0 aliphatic rings. The number of amides is 1. The monoisotopic (exact) mass is 357 g/mol. The maximum absolute atomic E-state index is 13.1. The first-order valence-corrected chi connectivity index (χ1v) is 8.72. The summed E-state index contributed by atoms with van der Waals surface area (Å²) in [5, 5.41) is 3.75. The van der Waals surface area contributed by atoms with E-state index >= 15 is 0 Å². The van der Waals surface area contributed by atoms with Crippen molar-refractivity contribution in [1.29, 1.82) is 0 Å². The van der Waals surface area contributed by atoms with Crippen LogP contribution in [0.2, 0.25) is 0 Å². The summed E-state index contributed by atoms with van der Waals surface area (Å²) in [4.78, 5) is 28.3. The smallest absolute Gasteiger partial charge is 0.274 e. The molecule has 1 amide bonds. The molecule has 2 N–H and O–H groups in total. The first-order valence-electron chi connectivity index (χ1n) is 8.72. The number of benzene rings is 2. The summed E-state index contributed by atoms with van der Waals surface area (Å²) < 4.78 is 1.42. The third-order valence-electron chi connectivity index (χ3n) is 4.68. The van der Waals surface area contributed by atoms with Crippen LogP contribution in [0.15, 0.2) is 83.9 Å². The Morgan fingerprint density at radius 2 is 1.56 bits per heavy atom. The standard InChI is InChI=1S/C22H19N3O2/c1-25-14-18(17-12-13-23-20(17)22(25)27)21(26)24-19(15-8-4-2-5-9-15)16-10-6-3-7-11-16/h2-14,19,23H,1H3,(H,24,26). The van der Waals surface area contributed by atoms with E-state index in [0.29, 0.717) is 16.5 Å². The SMILES string of the molecule is Cn1cc(C(=O)NC(c2ccccc2)c2ccccc2)c2cc[nH]c2c1=O. The number of hydrogen-bond acceptors (Lipinski definition) is 2. The average molecular weight is 357 g/mol. The predicted molar refractivity (Wildman–Crippen MR) is 106 cm³/mol. The molecular formula is C22H19N3O2. The highest BCUT2D eigenvalue weighted by Gasteiger charge is 2.20. The lowest BCUT2D eigenvalue weighted by Gasteiger charge is -2.20. The lowest BCUT2D eigenvalue weighted by molar-refractivity contribution is 0.0944. The van der Waals surface area contributed by atoms with Gasteiger partial charge >= 0.3 is 0 Å². The van der Waals surface area contributed by atoms with Crippen molar-refractivity contribution < 1.29 is 4.79 Å². The molecule has 0 spiro atoms. The van der Waals surface area contributed by atoms with Crippen LogP contribution < -0.4 is 10.9 Å². The molecule has 0 radical (unpaired) electrons. The average Bonchev–Trinajstić information content (AvgIpc) is 3.20. The molecule has 0 fully saturated rings. The first-order chi connectivity index (χ1) is 13.1. The summed E-state index contributed by atoms with van der Waals surface area (Å²) in [5.74, 6) is -0.229. The number of nitrogens with zero attached hydrogens (tertiary/aromatic N) is 1. The van der Waals surface area contributed by atoms with Crippen molar-refractivity contribution >= 4 is 16.8 Å². The second kappa shape index (κ2) is 6.96. The zero-order valence-electron chi connectivity index (χ0n) is 14.8. The largest absolute Gasteiger partial charge is 0.357 e. The molecule has 0 saturated heterocycles. The predicted octanol–water partition coefficient (Wildman–Crippen LogP) is 3.39. The number of aryl methyl sites for hydroxylation is 1. The molecule has 0 bridgehead atoms. The van der Waals surface area contributed by atoms with Gasteiger partial charge in [0, 0.05) is 24.8 Å². The molecule has 27 heavy (non-hydrogen) atoms. The number of rotatable bonds is 4. The highest BCUT2D eigenvalue weighted by Crippen LogP contribution is 2.23. The Kier molecular flexibility index (Phi) is 4.34. The zero-order valence-corrected chi connectivity index (χ0v) is 14.8. The zero-order chi connectivity index (χ0) is 18.8. The number of pyridine rings is 1. The van der Waals surface area contributed by atoms with E-state index in [-0.39, 0.29) is 17.5 Å². The Morgan fingerprint density at radius 1 is 0.963 bits per heavy atom. The summed E-state index contributed by atoms with van der Waals surface area (Å²) in [5.41, 5.74) is 2.72. The van der Waals surface area contributed by atoms with Gasteiger partial charge in [-0.1, -0.05) is 60.7 Å². The summed E-state index contributed by atoms with van der Waals surface area (Å²) in [6, 6.07) is 21.1. The van der Waals surface area contributed by atoms with Gasteiger partial charge in [-0.25, -0.2) is 0 Å². The molecule has 2 aromatic carbocycles. The summed E-state index contributed by atoms with van der Waals surface area (Å²) in [6.07, 6.45) is 3.26. The molecule has 0 saturated carbocycles. The van der Waals surface area contributed by atoms with Gasteiger partial charge in [0.05, 0.1) is 11.6 Å². The van der Waals surface area contributed by atoms with E-state index in [2.05, 4.69) is 10.3 Å². The number of nitrogens with one attached hydrogen (secondary N) is 2. The molecule has 0 atom stereocenters. The molecule has 2 heterocycles. The van der Waals surface area contributed by atoms with Crippen molar-refractivity contribution in [1.82, 2.24) is 14.9 Å².